The monoisotopic (exact) mass is 888 g/mol. The van der Waals surface area contributed by atoms with Crippen molar-refractivity contribution in [2.75, 3.05) is 7.11 Å². The quantitative estimate of drug-likeness (QED) is 0.190. The molecule has 0 bridgehead atoms. The summed E-state index contributed by atoms with van der Waals surface area (Å²) in [5.41, 5.74) is 6.83. The highest BCUT2D eigenvalue weighted by Gasteiger charge is 2.59. The van der Waals surface area contributed by atoms with Crippen molar-refractivity contribution in [2.45, 2.75) is 120 Å². The van der Waals surface area contributed by atoms with Crippen molar-refractivity contribution >= 4 is 45.3 Å². The van der Waals surface area contributed by atoms with Crippen molar-refractivity contribution in [3.8, 4) is 0 Å². The zero-order valence-electron chi connectivity index (χ0n) is 34.4. The van der Waals surface area contributed by atoms with Gasteiger partial charge in [0, 0.05) is 53.2 Å². The Balaban J connectivity index is 0.000000149. The van der Waals surface area contributed by atoms with Crippen LogP contribution in [0.3, 0.4) is 0 Å². The molecule has 5 aliphatic rings. The van der Waals surface area contributed by atoms with E-state index in [1.807, 2.05) is 68.8 Å². The van der Waals surface area contributed by atoms with Crippen molar-refractivity contribution in [1.82, 2.24) is 29.1 Å². The van der Waals surface area contributed by atoms with Crippen LogP contribution in [-0.2, 0) is 46.0 Å². The van der Waals surface area contributed by atoms with Gasteiger partial charge in [-0.3, -0.25) is 0 Å². The van der Waals surface area contributed by atoms with Gasteiger partial charge < -0.3 is 57.6 Å². The van der Waals surface area contributed by atoms with E-state index in [2.05, 4.69) is 19.9 Å². The third kappa shape index (κ3) is 7.29. The first-order chi connectivity index (χ1) is 29.8. The van der Waals surface area contributed by atoms with Crippen LogP contribution < -0.4 is 0 Å². The molecule has 0 saturated carbocycles. The summed E-state index contributed by atoms with van der Waals surface area (Å²) in [5, 5.41) is 34.7. The maximum atomic E-state index is 10.8. The number of nitrogens with zero attached hydrogens (tertiary/aromatic N) is 6. The van der Waals surface area contributed by atoms with E-state index in [0.717, 1.165) is 50.1 Å². The standard InChI is InChI=1S/C24H26ClN3O5.C20H20ClN3O5/c1-12-15-7-8-28(22(15)27-11-26-12)23-21-20(32-24(2,3)33-21)19(31-23)18-16-6-5-14(25)9-13(16)10-17(29-4)30-18;1-9-12-4-5-24(19(12)23-8-22-9)20-16(27)15(26)18(29-20)17-13-3-2-11(21)6-10(13)7-14(25)28-17/h5-9,11,17-21,23H,10H2,1-4H3;2-6,8,14-18,20,25-27H,7H2,1H3/t17?,18-,19-,20-,21-,23-;14?,15-,16+,17+,18-,20+/m10/s1. The highest BCUT2D eigenvalue weighted by Crippen LogP contribution is 2.50. The third-order valence-corrected chi connectivity index (χ3v) is 12.8. The molecule has 18 heteroatoms. The average molecular weight is 890 g/mol. The van der Waals surface area contributed by atoms with Crippen LogP contribution in [-0.4, -0.2) is 106 Å². The highest BCUT2D eigenvalue weighted by molar-refractivity contribution is 6.31. The molecule has 3 fully saturated rings. The lowest BCUT2D eigenvalue weighted by molar-refractivity contribution is -0.237. The maximum absolute atomic E-state index is 10.8. The first-order valence-electron chi connectivity index (χ1n) is 20.5. The van der Waals surface area contributed by atoms with Crippen LogP contribution in [0.2, 0.25) is 10.0 Å². The fourth-order valence-electron chi connectivity index (χ4n) is 9.49. The van der Waals surface area contributed by atoms with Crippen molar-refractivity contribution < 1.29 is 48.5 Å². The van der Waals surface area contributed by atoms with Crippen molar-refractivity contribution in [3.05, 3.63) is 117 Å². The van der Waals surface area contributed by atoms with Gasteiger partial charge in [-0.15, -0.1) is 0 Å². The molecule has 9 heterocycles. The fourth-order valence-corrected chi connectivity index (χ4v) is 9.88. The fraction of sp³-hybridized carbons (Fsp3) is 0.455. The lowest BCUT2D eigenvalue weighted by atomic mass is 9.91. The number of aromatic nitrogens is 6. The van der Waals surface area contributed by atoms with Crippen LogP contribution in [0.4, 0.5) is 0 Å². The Hall–Kier alpha value is -4.14. The third-order valence-electron chi connectivity index (χ3n) is 12.4. The van der Waals surface area contributed by atoms with Gasteiger partial charge in [-0.05, 0) is 86.3 Å². The summed E-state index contributed by atoms with van der Waals surface area (Å²) >= 11 is 12.4. The number of hydrogen-bond donors (Lipinski definition) is 3. The van der Waals surface area contributed by atoms with Gasteiger partial charge >= 0.3 is 0 Å². The second-order valence-corrected chi connectivity index (χ2v) is 17.6. The summed E-state index contributed by atoms with van der Waals surface area (Å²) in [6.07, 6.45) is -0.654. The smallest absolute Gasteiger partial charge is 0.164 e. The van der Waals surface area contributed by atoms with Gasteiger partial charge in [0.2, 0.25) is 0 Å². The second-order valence-electron chi connectivity index (χ2n) is 16.7. The van der Waals surface area contributed by atoms with Gasteiger partial charge in [0.05, 0.1) is 11.4 Å². The minimum atomic E-state index is -1.22. The summed E-state index contributed by atoms with van der Waals surface area (Å²) in [5.74, 6) is -0.748. The highest BCUT2D eigenvalue weighted by atomic mass is 35.5. The minimum Gasteiger partial charge on any atom is -0.387 e. The summed E-state index contributed by atoms with van der Waals surface area (Å²) in [4.78, 5) is 17.3. The largest absolute Gasteiger partial charge is 0.387 e. The Labute approximate surface area is 366 Å². The Morgan fingerprint density at radius 1 is 0.645 bits per heavy atom. The van der Waals surface area contributed by atoms with Crippen LogP contribution in [0.15, 0.2) is 73.6 Å². The minimum absolute atomic E-state index is 0.291. The zero-order chi connectivity index (χ0) is 43.2. The van der Waals surface area contributed by atoms with E-state index in [4.69, 9.17) is 56.4 Å². The zero-order valence-corrected chi connectivity index (χ0v) is 35.9. The maximum Gasteiger partial charge on any atom is 0.164 e. The van der Waals surface area contributed by atoms with Gasteiger partial charge in [-0.1, -0.05) is 35.3 Å². The number of aliphatic hydroxyl groups is 3. The van der Waals surface area contributed by atoms with Gasteiger partial charge in [0.1, 0.15) is 72.8 Å². The van der Waals surface area contributed by atoms with E-state index >= 15 is 0 Å². The lowest BCUT2D eigenvalue weighted by Crippen LogP contribution is -2.40. The molecule has 0 radical (unpaired) electrons. The molecule has 11 rings (SSSR count). The molecule has 16 nitrogen and oxygen atoms in total. The Kier molecular flexibility index (Phi) is 10.9. The van der Waals surface area contributed by atoms with E-state index in [1.54, 1.807) is 42.4 Å². The molecule has 6 aromatic rings. The topological polar surface area (TPSA) is 187 Å². The van der Waals surface area contributed by atoms with Gasteiger partial charge in [0.15, 0.2) is 30.8 Å². The van der Waals surface area contributed by atoms with E-state index in [0.29, 0.717) is 28.5 Å². The van der Waals surface area contributed by atoms with Crippen molar-refractivity contribution in [2.24, 2.45) is 0 Å². The molecule has 3 saturated heterocycles. The lowest BCUT2D eigenvalue weighted by Gasteiger charge is -2.36. The van der Waals surface area contributed by atoms with Crippen LogP contribution in [0.1, 0.15) is 72.2 Å². The van der Waals surface area contributed by atoms with Gasteiger partial charge in [0.25, 0.3) is 0 Å². The second kappa shape index (κ2) is 16.1. The molecule has 0 spiro atoms. The Morgan fingerprint density at radius 2 is 1.19 bits per heavy atom. The van der Waals surface area contributed by atoms with Crippen LogP contribution in [0, 0.1) is 13.8 Å². The summed E-state index contributed by atoms with van der Waals surface area (Å²) in [6.45, 7) is 7.69. The molecular formula is C44H46Cl2N6O10. The summed E-state index contributed by atoms with van der Waals surface area (Å²) in [6, 6.07) is 15.0. The molecule has 62 heavy (non-hydrogen) atoms. The average Bonchev–Trinajstić information content (AvgIpc) is 4.06. The van der Waals surface area contributed by atoms with E-state index in [1.165, 1.54) is 6.33 Å². The number of hydrogen-bond acceptors (Lipinski definition) is 14. The predicted molar refractivity (Wildman–Crippen MR) is 223 cm³/mol. The molecule has 2 aromatic carbocycles. The summed E-state index contributed by atoms with van der Waals surface area (Å²) < 4.78 is 46.8. The molecule has 5 aliphatic heterocycles. The number of aryl methyl sites for hydroxylation is 2. The first-order valence-corrected chi connectivity index (χ1v) is 21.2. The normalized spacial score (nSPS) is 32.4. The number of ether oxygens (including phenoxy) is 7. The molecule has 0 amide bonds. The van der Waals surface area contributed by atoms with E-state index < -0.39 is 67.4 Å². The Morgan fingerprint density at radius 3 is 1.81 bits per heavy atom. The molecule has 3 N–H and O–H groups in total. The van der Waals surface area contributed by atoms with Gasteiger partial charge in [-0.25, -0.2) is 19.9 Å². The number of benzene rings is 2. The molecule has 0 aliphatic carbocycles. The molecular weight excluding hydrogens is 843 g/mol. The van der Waals surface area contributed by atoms with Gasteiger partial charge in [-0.2, -0.15) is 0 Å². The van der Waals surface area contributed by atoms with Crippen LogP contribution >= 0.6 is 23.2 Å². The molecule has 2 unspecified atom stereocenters. The van der Waals surface area contributed by atoms with Crippen molar-refractivity contribution in [1.29, 1.82) is 0 Å². The SMILES string of the molecule is COC1Cc2cc(Cl)ccc2[C@H]([C@H]2O[C@@H](n3ccc4c(C)ncnc43)[C@@H]3OC(C)(C)O[C@@H]32)O1.Cc1ncnc2c1ccn2[C@@H]1O[C@H]([C@@H]2OC(O)Cc3cc(Cl)ccc32)[C@@H](O)[C@H]1O. The van der Waals surface area contributed by atoms with Crippen LogP contribution in [0.25, 0.3) is 22.1 Å². The van der Waals surface area contributed by atoms with E-state index in [9.17, 15) is 15.3 Å². The number of fused-ring (bicyclic) bond motifs is 5. The number of rotatable bonds is 5. The first kappa shape index (κ1) is 41.8. The number of halogens is 2. The number of aliphatic hydroxyl groups excluding tert-OH is 3. The molecule has 326 valence electrons. The van der Waals surface area contributed by atoms with Crippen LogP contribution in [0.5, 0.6) is 0 Å². The Bertz CT molecular complexity index is 2640. The molecule has 4 aromatic heterocycles. The van der Waals surface area contributed by atoms with Crippen molar-refractivity contribution in [3.63, 3.8) is 0 Å². The van der Waals surface area contributed by atoms with E-state index in [-0.39, 0.29) is 12.2 Å². The molecule has 12 atom stereocenters. The number of methoxy groups -OCH3 is 1. The summed E-state index contributed by atoms with van der Waals surface area (Å²) in [7, 11) is 1.64. The predicted octanol–water partition coefficient (Wildman–Crippen LogP) is 5.74.